The summed E-state index contributed by atoms with van der Waals surface area (Å²) in [6, 6.07) is 28.5. The molecule has 0 bridgehead atoms. The fraction of sp³-hybridized carbons (Fsp3) is 0.154. The molecule has 0 aliphatic heterocycles. The molecule has 0 saturated carbocycles. The minimum Gasteiger partial charge on any atom is -0.363 e. The number of hydrogen-bond donors (Lipinski definition) is 0. The quantitative estimate of drug-likeness (QED) is 0.430. The Hall–Kier alpha value is -3.68. The highest BCUT2D eigenvalue weighted by atomic mass is 16.5. The van der Waals surface area contributed by atoms with Crippen LogP contribution in [-0.2, 0) is 18.4 Å². The molecule has 0 aliphatic rings. The van der Waals surface area contributed by atoms with Gasteiger partial charge in [-0.05, 0) is 47.4 Å². The molecule has 4 heteroatoms. The van der Waals surface area contributed by atoms with Crippen LogP contribution in [-0.4, -0.2) is 9.78 Å². The smallest absolute Gasteiger partial charge is 0.125 e. The first-order chi connectivity index (χ1) is 14.7. The van der Waals surface area contributed by atoms with Crippen molar-refractivity contribution in [3.05, 3.63) is 113 Å². The number of nitrogens with zero attached hydrogens (tertiary/aromatic N) is 3. The van der Waals surface area contributed by atoms with E-state index in [9.17, 15) is 5.26 Å². The summed E-state index contributed by atoms with van der Waals surface area (Å²) in [4.78, 5) is 0. The SMILES string of the molecule is Cc1ccccc1-c1cc(C(OCc2ccccc2)c2ccnn2C)ccc1C#N. The van der Waals surface area contributed by atoms with Gasteiger partial charge < -0.3 is 4.74 Å². The zero-order chi connectivity index (χ0) is 20.9. The van der Waals surface area contributed by atoms with Crippen LogP contribution >= 0.6 is 0 Å². The summed E-state index contributed by atoms with van der Waals surface area (Å²) in [6.45, 7) is 2.55. The predicted molar refractivity (Wildman–Crippen MR) is 118 cm³/mol. The van der Waals surface area contributed by atoms with Crippen molar-refractivity contribution in [2.24, 2.45) is 7.05 Å². The van der Waals surface area contributed by atoms with E-state index in [1.54, 1.807) is 6.20 Å². The molecule has 0 fully saturated rings. The number of benzene rings is 3. The first-order valence-electron chi connectivity index (χ1n) is 9.91. The molecule has 30 heavy (non-hydrogen) atoms. The third-order valence-electron chi connectivity index (χ3n) is 5.29. The Balaban J connectivity index is 1.77. The van der Waals surface area contributed by atoms with E-state index in [-0.39, 0.29) is 6.10 Å². The zero-order valence-corrected chi connectivity index (χ0v) is 17.1. The van der Waals surface area contributed by atoms with E-state index in [2.05, 4.69) is 48.4 Å². The highest BCUT2D eigenvalue weighted by Crippen LogP contribution is 2.33. The zero-order valence-electron chi connectivity index (χ0n) is 17.1. The van der Waals surface area contributed by atoms with Crippen LogP contribution in [0.5, 0.6) is 0 Å². The molecule has 0 aliphatic carbocycles. The highest BCUT2D eigenvalue weighted by molar-refractivity contribution is 5.74. The van der Waals surface area contributed by atoms with Crippen molar-refractivity contribution in [2.75, 3.05) is 0 Å². The largest absolute Gasteiger partial charge is 0.363 e. The van der Waals surface area contributed by atoms with Crippen molar-refractivity contribution in [3.63, 3.8) is 0 Å². The lowest BCUT2D eigenvalue weighted by Gasteiger charge is -2.20. The molecule has 1 unspecified atom stereocenters. The van der Waals surface area contributed by atoms with E-state index in [1.807, 2.05) is 60.3 Å². The fourth-order valence-corrected chi connectivity index (χ4v) is 3.67. The molecule has 1 atom stereocenters. The molecule has 1 heterocycles. The molecule has 0 amide bonds. The number of ether oxygens (including phenoxy) is 1. The molecular formula is C26H23N3O. The summed E-state index contributed by atoms with van der Waals surface area (Å²) < 4.78 is 8.22. The van der Waals surface area contributed by atoms with Crippen molar-refractivity contribution in [1.82, 2.24) is 9.78 Å². The van der Waals surface area contributed by atoms with Gasteiger partial charge in [-0.15, -0.1) is 0 Å². The van der Waals surface area contributed by atoms with Gasteiger partial charge in [0.25, 0.3) is 0 Å². The van der Waals surface area contributed by atoms with Gasteiger partial charge in [0.1, 0.15) is 6.10 Å². The lowest BCUT2D eigenvalue weighted by atomic mass is 9.93. The maximum absolute atomic E-state index is 9.68. The summed E-state index contributed by atoms with van der Waals surface area (Å²) in [7, 11) is 1.92. The second-order valence-electron chi connectivity index (χ2n) is 7.29. The van der Waals surface area contributed by atoms with E-state index in [0.29, 0.717) is 12.2 Å². The first-order valence-corrected chi connectivity index (χ1v) is 9.91. The second-order valence-corrected chi connectivity index (χ2v) is 7.29. The average molecular weight is 393 g/mol. The molecule has 0 radical (unpaired) electrons. The van der Waals surface area contributed by atoms with Gasteiger partial charge in [-0.2, -0.15) is 10.4 Å². The highest BCUT2D eigenvalue weighted by Gasteiger charge is 2.20. The van der Waals surface area contributed by atoms with Gasteiger partial charge in [-0.25, -0.2) is 0 Å². The molecule has 4 aromatic rings. The van der Waals surface area contributed by atoms with E-state index >= 15 is 0 Å². The van der Waals surface area contributed by atoms with E-state index < -0.39 is 0 Å². The number of aryl methyl sites for hydroxylation is 2. The van der Waals surface area contributed by atoms with Crippen molar-refractivity contribution in [2.45, 2.75) is 19.6 Å². The second kappa shape index (κ2) is 8.77. The van der Waals surface area contributed by atoms with Crippen LogP contribution in [0.4, 0.5) is 0 Å². The number of nitriles is 1. The van der Waals surface area contributed by atoms with Crippen molar-refractivity contribution >= 4 is 0 Å². The number of hydrogen-bond acceptors (Lipinski definition) is 3. The lowest BCUT2D eigenvalue weighted by Crippen LogP contribution is -2.12. The van der Waals surface area contributed by atoms with Crippen LogP contribution in [0.2, 0.25) is 0 Å². The lowest BCUT2D eigenvalue weighted by molar-refractivity contribution is 0.0615. The van der Waals surface area contributed by atoms with Crippen molar-refractivity contribution in [1.29, 1.82) is 5.26 Å². The van der Waals surface area contributed by atoms with Gasteiger partial charge in [0, 0.05) is 18.8 Å². The first kappa shape index (κ1) is 19.6. The monoisotopic (exact) mass is 393 g/mol. The summed E-state index contributed by atoms with van der Waals surface area (Å²) in [5.74, 6) is 0. The Morgan fingerprint density at radius 3 is 2.43 bits per heavy atom. The Morgan fingerprint density at radius 2 is 1.73 bits per heavy atom. The van der Waals surface area contributed by atoms with Gasteiger partial charge in [0.05, 0.1) is 23.9 Å². The Morgan fingerprint density at radius 1 is 0.967 bits per heavy atom. The average Bonchev–Trinajstić information content (AvgIpc) is 3.20. The molecule has 4 nitrogen and oxygen atoms in total. The molecule has 0 N–H and O–H groups in total. The Labute approximate surface area is 177 Å². The molecule has 4 rings (SSSR count). The minimum atomic E-state index is -0.298. The van der Waals surface area contributed by atoms with Crippen LogP contribution in [0, 0.1) is 18.3 Å². The summed E-state index contributed by atoms with van der Waals surface area (Å²) in [5.41, 5.74) is 6.83. The third kappa shape index (κ3) is 4.03. The summed E-state index contributed by atoms with van der Waals surface area (Å²) >= 11 is 0. The molecular weight excluding hydrogens is 370 g/mol. The van der Waals surface area contributed by atoms with Gasteiger partial charge in [0.2, 0.25) is 0 Å². The fourth-order valence-electron chi connectivity index (χ4n) is 3.67. The van der Waals surface area contributed by atoms with Crippen LogP contribution in [0.1, 0.15) is 34.1 Å². The van der Waals surface area contributed by atoms with Gasteiger partial charge in [0.15, 0.2) is 0 Å². The molecule has 1 aromatic heterocycles. The number of rotatable bonds is 6. The standard InChI is InChI=1S/C26H23N3O/c1-19-8-6-7-11-23(19)24-16-21(12-13-22(24)17-27)26(25-14-15-28-29(25)2)30-18-20-9-4-3-5-10-20/h3-16,26H,18H2,1-2H3. The minimum absolute atomic E-state index is 0.298. The molecule has 3 aromatic carbocycles. The van der Waals surface area contributed by atoms with Crippen LogP contribution in [0.3, 0.4) is 0 Å². The Kier molecular flexibility index (Phi) is 5.74. The van der Waals surface area contributed by atoms with Gasteiger partial charge in [-0.3, -0.25) is 4.68 Å². The summed E-state index contributed by atoms with van der Waals surface area (Å²) in [6.07, 6.45) is 1.48. The normalized spacial score (nSPS) is 11.8. The van der Waals surface area contributed by atoms with Crippen molar-refractivity contribution in [3.8, 4) is 17.2 Å². The van der Waals surface area contributed by atoms with Crippen molar-refractivity contribution < 1.29 is 4.74 Å². The van der Waals surface area contributed by atoms with Crippen LogP contribution in [0.15, 0.2) is 85.1 Å². The Bertz CT molecular complexity index is 1190. The maximum Gasteiger partial charge on any atom is 0.125 e. The molecule has 0 spiro atoms. The number of aromatic nitrogens is 2. The molecule has 0 saturated heterocycles. The van der Waals surface area contributed by atoms with Gasteiger partial charge in [-0.1, -0.05) is 60.7 Å². The topological polar surface area (TPSA) is 50.8 Å². The van der Waals surface area contributed by atoms with Crippen LogP contribution < -0.4 is 0 Å². The maximum atomic E-state index is 9.68. The predicted octanol–water partition coefficient (Wildman–Crippen LogP) is 5.57. The van der Waals surface area contributed by atoms with E-state index in [4.69, 9.17) is 4.74 Å². The summed E-state index contributed by atoms with van der Waals surface area (Å²) in [5, 5.41) is 14.0. The molecule has 148 valence electrons. The van der Waals surface area contributed by atoms with E-state index in [0.717, 1.165) is 33.5 Å². The van der Waals surface area contributed by atoms with Gasteiger partial charge >= 0.3 is 0 Å². The van der Waals surface area contributed by atoms with Crippen LogP contribution in [0.25, 0.3) is 11.1 Å². The third-order valence-corrected chi connectivity index (χ3v) is 5.29. The van der Waals surface area contributed by atoms with E-state index in [1.165, 1.54) is 0 Å².